The zero-order chi connectivity index (χ0) is 26.5. The van der Waals surface area contributed by atoms with E-state index in [1.54, 1.807) is 6.07 Å². The number of hydrogen-bond donors (Lipinski definition) is 0. The van der Waals surface area contributed by atoms with Gasteiger partial charge in [-0.15, -0.1) is 0 Å². The summed E-state index contributed by atoms with van der Waals surface area (Å²) < 4.78 is 1.90. The number of amidine groups is 1. The quantitative estimate of drug-likeness (QED) is 0.498. The van der Waals surface area contributed by atoms with Crippen LogP contribution in [-0.2, 0) is 0 Å². The van der Waals surface area contributed by atoms with Gasteiger partial charge in [0, 0.05) is 62.7 Å². The Morgan fingerprint density at radius 3 is 2.39 bits per heavy atom. The molecule has 3 heterocycles. The Bertz CT molecular complexity index is 1380. The average molecular weight is 509 g/mol. The largest absolute Gasteiger partial charge is 0.369 e. The lowest BCUT2D eigenvalue weighted by Gasteiger charge is -2.34. The van der Waals surface area contributed by atoms with E-state index in [0.717, 1.165) is 54.5 Å². The van der Waals surface area contributed by atoms with Gasteiger partial charge in [0.15, 0.2) is 0 Å². The molecular formula is C31H36N6O. The molecular weight excluding hydrogens is 472 g/mol. The van der Waals surface area contributed by atoms with Crippen molar-refractivity contribution in [2.24, 2.45) is 9.98 Å². The van der Waals surface area contributed by atoms with E-state index >= 15 is 0 Å². The highest BCUT2D eigenvalue weighted by atomic mass is 16.1. The maximum Gasteiger partial charge on any atom is 0.251 e. The molecule has 0 radical (unpaired) electrons. The minimum atomic E-state index is -0.113. The van der Waals surface area contributed by atoms with E-state index in [1.165, 1.54) is 5.69 Å². The van der Waals surface area contributed by atoms with Crippen molar-refractivity contribution in [1.82, 2.24) is 14.4 Å². The normalized spacial score (nSPS) is 18.7. The second-order valence-electron chi connectivity index (χ2n) is 10.3. The van der Waals surface area contributed by atoms with Crippen LogP contribution in [0.15, 0.2) is 87.6 Å². The molecule has 1 fully saturated rings. The van der Waals surface area contributed by atoms with Crippen molar-refractivity contribution in [3.8, 4) is 0 Å². The molecule has 0 spiro atoms. The van der Waals surface area contributed by atoms with E-state index in [9.17, 15) is 4.79 Å². The summed E-state index contributed by atoms with van der Waals surface area (Å²) in [7, 11) is 6.24. The number of aliphatic imine (C=N–C) groups is 2. The molecule has 2 aromatic carbocycles. The van der Waals surface area contributed by atoms with Gasteiger partial charge in [0.05, 0.1) is 17.4 Å². The molecule has 2 aliphatic rings. The van der Waals surface area contributed by atoms with Gasteiger partial charge in [-0.05, 0) is 63.1 Å². The Kier molecular flexibility index (Phi) is 7.96. The van der Waals surface area contributed by atoms with Crippen LogP contribution in [-0.4, -0.2) is 80.3 Å². The Morgan fingerprint density at radius 1 is 0.947 bits per heavy atom. The molecule has 1 atom stereocenters. The topological polar surface area (TPSA) is 56.4 Å². The maximum absolute atomic E-state index is 13.2. The SMILES string of the molecule is CN(C)CC(c1ccccc1)n1c2c(ccc1=O)C=NC(=Nc1ccc(N3CCN(C)CC3)cc1)C/C=C/2. The summed E-state index contributed by atoms with van der Waals surface area (Å²) in [6.07, 6.45) is 6.52. The highest BCUT2D eigenvalue weighted by Crippen LogP contribution is 2.24. The lowest BCUT2D eigenvalue weighted by Crippen LogP contribution is -2.44. The van der Waals surface area contributed by atoms with Crippen LogP contribution < -0.4 is 10.5 Å². The Balaban J connectivity index is 1.42. The first-order chi connectivity index (χ1) is 18.5. The number of likely N-dealkylation sites (N-methyl/N-ethyl adjacent to an activating group) is 2. The Hall–Kier alpha value is -3.81. The lowest BCUT2D eigenvalue weighted by molar-refractivity contribution is 0.313. The molecule has 1 aromatic heterocycles. The average Bonchev–Trinajstić information content (AvgIpc) is 2.91. The number of aromatic nitrogens is 1. The van der Waals surface area contributed by atoms with E-state index in [-0.39, 0.29) is 11.6 Å². The highest BCUT2D eigenvalue weighted by molar-refractivity contribution is 5.99. The van der Waals surface area contributed by atoms with E-state index in [1.807, 2.05) is 55.2 Å². The first-order valence-electron chi connectivity index (χ1n) is 13.2. The number of rotatable bonds is 6. The van der Waals surface area contributed by atoms with E-state index < -0.39 is 0 Å². The highest BCUT2D eigenvalue weighted by Gasteiger charge is 2.20. The zero-order valence-electron chi connectivity index (χ0n) is 22.5. The van der Waals surface area contributed by atoms with Gasteiger partial charge >= 0.3 is 0 Å². The maximum atomic E-state index is 13.2. The van der Waals surface area contributed by atoms with Crippen LogP contribution in [0.1, 0.15) is 29.3 Å². The third-order valence-corrected chi connectivity index (χ3v) is 7.14. The Morgan fingerprint density at radius 2 is 1.68 bits per heavy atom. The fourth-order valence-corrected chi connectivity index (χ4v) is 5.05. The fraction of sp³-hybridized carbons (Fsp3) is 0.323. The molecule has 1 unspecified atom stereocenters. The molecule has 196 valence electrons. The number of pyridine rings is 1. The lowest BCUT2D eigenvalue weighted by atomic mass is 10.0. The molecule has 5 rings (SSSR count). The molecule has 3 aromatic rings. The summed E-state index contributed by atoms with van der Waals surface area (Å²) in [5, 5.41) is 0. The van der Waals surface area contributed by atoms with E-state index in [2.05, 4.69) is 64.2 Å². The predicted molar refractivity (Wildman–Crippen MR) is 158 cm³/mol. The first-order valence-corrected chi connectivity index (χ1v) is 13.2. The molecule has 0 N–H and O–H groups in total. The van der Waals surface area contributed by atoms with Gasteiger partial charge in [0.1, 0.15) is 5.84 Å². The van der Waals surface area contributed by atoms with Crippen molar-refractivity contribution in [2.45, 2.75) is 12.5 Å². The number of piperazine rings is 1. The second-order valence-corrected chi connectivity index (χ2v) is 10.3. The molecule has 7 heteroatoms. The molecule has 0 amide bonds. The van der Waals surface area contributed by atoms with Crippen LogP contribution in [0.2, 0.25) is 0 Å². The van der Waals surface area contributed by atoms with Gasteiger partial charge in [-0.3, -0.25) is 9.36 Å². The smallest absolute Gasteiger partial charge is 0.251 e. The third-order valence-electron chi connectivity index (χ3n) is 7.14. The third kappa shape index (κ3) is 6.01. The first kappa shape index (κ1) is 25.8. The number of benzene rings is 2. The van der Waals surface area contributed by atoms with Crippen molar-refractivity contribution in [1.29, 1.82) is 0 Å². The van der Waals surface area contributed by atoms with Crippen LogP contribution in [0.3, 0.4) is 0 Å². The van der Waals surface area contributed by atoms with Gasteiger partial charge in [0.25, 0.3) is 5.56 Å². The zero-order valence-corrected chi connectivity index (χ0v) is 22.5. The van der Waals surface area contributed by atoms with Crippen molar-refractivity contribution in [2.75, 3.05) is 58.8 Å². The molecule has 1 saturated heterocycles. The molecule has 0 saturated carbocycles. The minimum absolute atomic E-state index is 0.0209. The molecule has 38 heavy (non-hydrogen) atoms. The van der Waals surface area contributed by atoms with E-state index in [0.29, 0.717) is 13.0 Å². The van der Waals surface area contributed by atoms with Crippen LogP contribution in [0, 0.1) is 0 Å². The van der Waals surface area contributed by atoms with Gasteiger partial charge in [-0.25, -0.2) is 9.98 Å². The van der Waals surface area contributed by atoms with E-state index in [4.69, 9.17) is 9.98 Å². The van der Waals surface area contributed by atoms with Crippen LogP contribution >= 0.6 is 0 Å². The molecule has 2 aliphatic heterocycles. The van der Waals surface area contributed by atoms with Gasteiger partial charge in [0.2, 0.25) is 0 Å². The number of fused-ring (bicyclic) bond motifs is 1. The summed E-state index contributed by atoms with van der Waals surface area (Å²) in [5.41, 5.74) is 4.98. The molecule has 0 aliphatic carbocycles. The summed E-state index contributed by atoms with van der Waals surface area (Å²) in [6.45, 7) is 4.97. The second kappa shape index (κ2) is 11.7. The predicted octanol–water partition coefficient (Wildman–Crippen LogP) is 4.32. The Labute approximate surface area is 225 Å². The standard InChI is InChI=1S/C31H36N6O/c1-34(2)23-29(24-8-5-4-6-9-24)37-28-10-7-11-30(32-22-25(28)12-17-31(37)38)33-26-13-15-27(16-14-26)36-20-18-35(3)19-21-36/h4-10,12-17,22,29H,11,18-21,23H2,1-3H3/b10-7+,32-22?,33-30?. The summed E-state index contributed by atoms with van der Waals surface area (Å²) in [4.78, 5) is 29.6. The van der Waals surface area contributed by atoms with Crippen molar-refractivity contribution in [3.05, 3.63) is 100.0 Å². The number of nitrogens with zero attached hydrogens (tertiary/aromatic N) is 6. The minimum Gasteiger partial charge on any atom is -0.369 e. The number of hydrogen-bond acceptors (Lipinski definition) is 5. The summed E-state index contributed by atoms with van der Waals surface area (Å²) in [6, 6.07) is 22.0. The van der Waals surface area contributed by atoms with Gasteiger partial charge < -0.3 is 14.7 Å². The van der Waals surface area contributed by atoms with Crippen molar-refractivity contribution in [3.63, 3.8) is 0 Å². The molecule has 7 nitrogen and oxygen atoms in total. The molecule has 0 bridgehead atoms. The number of anilines is 1. The van der Waals surface area contributed by atoms with Crippen molar-refractivity contribution >= 4 is 29.5 Å². The van der Waals surface area contributed by atoms with Crippen LogP contribution in [0.4, 0.5) is 11.4 Å². The summed E-state index contributed by atoms with van der Waals surface area (Å²) in [5.74, 6) is 0.741. The van der Waals surface area contributed by atoms with Crippen LogP contribution in [0.25, 0.3) is 6.08 Å². The van der Waals surface area contributed by atoms with Crippen LogP contribution in [0.5, 0.6) is 0 Å². The van der Waals surface area contributed by atoms with Gasteiger partial charge in [-0.2, -0.15) is 0 Å². The van der Waals surface area contributed by atoms with Crippen molar-refractivity contribution < 1.29 is 0 Å². The summed E-state index contributed by atoms with van der Waals surface area (Å²) >= 11 is 0. The fourth-order valence-electron chi connectivity index (χ4n) is 5.05. The monoisotopic (exact) mass is 508 g/mol. The van der Waals surface area contributed by atoms with Gasteiger partial charge in [-0.1, -0.05) is 36.4 Å².